The van der Waals surface area contributed by atoms with Crippen LogP contribution in [0, 0.1) is 19.5 Å². The van der Waals surface area contributed by atoms with Gasteiger partial charge in [0.1, 0.15) is 11.5 Å². The SMILES string of the molecule is CC(C)OCCNc1cc(F)c(I)cc1[N+](=O)[O-]. The van der Waals surface area contributed by atoms with Gasteiger partial charge >= 0.3 is 0 Å². The molecule has 0 aliphatic heterocycles. The van der Waals surface area contributed by atoms with Crippen LogP contribution in [-0.2, 0) is 4.74 Å². The van der Waals surface area contributed by atoms with Crippen LogP contribution in [0.3, 0.4) is 0 Å². The van der Waals surface area contributed by atoms with Crippen molar-refractivity contribution < 1.29 is 14.1 Å². The van der Waals surface area contributed by atoms with Gasteiger partial charge in [-0.2, -0.15) is 0 Å². The van der Waals surface area contributed by atoms with Crippen LogP contribution in [0.15, 0.2) is 12.1 Å². The second-order valence-electron chi connectivity index (χ2n) is 3.89. The third kappa shape index (κ3) is 4.37. The van der Waals surface area contributed by atoms with Crippen LogP contribution in [0.1, 0.15) is 13.8 Å². The van der Waals surface area contributed by atoms with E-state index in [4.69, 9.17) is 4.74 Å². The van der Waals surface area contributed by atoms with Crippen molar-refractivity contribution in [2.75, 3.05) is 18.5 Å². The summed E-state index contributed by atoms with van der Waals surface area (Å²) in [5.41, 5.74) is 0.0376. The van der Waals surface area contributed by atoms with Crippen LogP contribution in [0.4, 0.5) is 15.8 Å². The van der Waals surface area contributed by atoms with Crippen LogP contribution in [-0.4, -0.2) is 24.2 Å². The number of nitrogens with zero attached hydrogens (tertiary/aromatic N) is 1. The zero-order valence-electron chi connectivity index (χ0n) is 10.1. The molecule has 0 aliphatic carbocycles. The minimum Gasteiger partial charge on any atom is -0.377 e. The van der Waals surface area contributed by atoms with E-state index in [-0.39, 0.29) is 21.0 Å². The molecule has 1 aromatic rings. The molecule has 7 heteroatoms. The lowest BCUT2D eigenvalue weighted by Crippen LogP contribution is -2.14. The molecule has 0 saturated carbocycles. The number of nitro groups is 1. The first-order valence-electron chi connectivity index (χ1n) is 5.40. The maximum atomic E-state index is 13.4. The molecule has 5 nitrogen and oxygen atoms in total. The highest BCUT2D eigenvalue weighted by molar-refractivity contribution is 14.1. The Morgan fingerprint density at radius 1 is 1.56 bits per heavy atom. The summed E-state index contributed by atoms with van der Waals surface area (Å²) in [4.78, 5) is 10.3. The van der Waals surface area contributed by atoms with Crippen LogP contribution >= 0.6 is 22.6 Å². The van der Waals surface area contributed by atoms with E-state index in [2.05, 4.69) is 5.32 Å². The summed E-state index contributed by atoms with van der Waals surface area (Å²) in [5, 5.41) is 13.6. The average Bonchev–Trinajstić information content (AvgIpc) is 2.28. The number of rotatable bonds is 6. The van der Waals surface area contributed by atoms with Gasteiger partial charge in [-0.25, -0.2) is 4.39 Å². The highest BCUT2D eigenvalue weighted by Gasteiger charge is 2.17. The summed E-state index contributed by atoms with van der Waals surface area (Å²) in [5.74, 6) is -0.478. The third-order valence-corrected chi connectivity index (χ3v) is 2.93. The summed E-state index contributed by atoms with van der Waals surface area (Å²) in [6.45, 7) is 4.58. The van der Waals surface area contributed by atoms with E-state index in [1.807, 2.05) is 13.8 Å². The van der Waals surface area contributed by atoms with Crippen molar-refractivity contribution >= 4 is 34.0 Å². The molecule has 1 N–H and O–H groups in total. The van der Waals surface area contributed by atoms with Gasteiger partial charge in [-0.1, -0.05) is 0 Å². The Bertz CT molecular complexity index is 441. The number of ether oxygens (including phenoxy) is 1. The molecule has 0 atom stereocenters. The van der Waals surface area contributed by atoms with Crippen molar-refractivity contribution in [2.45, 2.75) is 20.0 Å². The van der Waals surface area contributed by atoms with Gasteiger partial charge in [-0.3, -0.25) is 10.1 Å². The van der Waals surface area contributed by atoms with E-state index in [1.165, 1.54) is 6.07 Å². The standard InChI is InChI=1S/C11H14FIN2O3/c1-7(2)18-4-3-14-10-5-8(12)9(13)6-11(10)15(16)17/h5-7,14H,3-4H2,1-2H3. The maximum absolute atomic E-state index is 13.4. The normalized spacial score (nSPS) is 10.7. The molecule has 0 aromatic heterocycles. The lowest BCUT2D eigenvalue weighted by atomic mass is 10.2. The van der Waals surface area contributed by atoms with Gasteiger partial charge < -0.3 is 10.1 Å². The fraction of sp³-hybridized carbons (Fsp3) is 0.455. The molecular formula is C11H14FIN2O3. The molecule has 0 saturated heterocycles. The molecule has 100 valence electrons. The summed E-state index contributed by atoms with van der Waals surface area (Å²) < 4.78 is 18.9. The van der Waals surface area contributed by atoms with E-state index >= 15 is 0 Å². The molecule has 0 heterocycles. The Morgan fingerprint density at radius 3 is 2.78 bits per heavy atom. The summed E-state index contributed by atoms with van der Waals surface area (Å²) in [6.07, 6.45) is 0.0928. The Morgan fingerprint density at radius 2 is 2.22 bits per heavy atom. The molecule has 1 rings (SSSR count). The zero-order valence-corrected chi connectivity index (χ0v) is 12.2. The van der Waals surface area contributed by atoms with Gasteiger partial charge in [0, 0.05) is 18.7 Å². The van der Waals surface area contributed by atoms with Crippen LogP contribution < -0.4 is 5.32 Å². The van der Waals surface area contributed by atoms with Gasteiger partial charge in [0.2, 0.25) is 0 Å². The first-order valence-corrected chi connectivity index (χ1v) is 6.48. The van der Waals surface area contributed by atoms with Crippen molar-refractivity contribution in [3.8, 4) is 0 Å². The lowest BCUT2D eigenvalue weighted by molar-refractivity contribution is -0.384. The first kappa shape index (κ1) is 15.1. The molecule has 0 radical (unpaired) electrons. The monoisotopic (exact) mass is 368 g/mol. The number of anilines is 1. The molecule has 0 aliphatic rings. The zero-order chi connectivity index (χ0) is 13.7. The Balaban J connectivity index is 2.74. The van der Waals surface area contributed by atoms with Crippen molar-refractivity contribution in [1.82, 2.24) is 0 Å². The smallest absolute Gasteiger partial charge is 0.293 e. The second kappa shape index (κ2) is 6.83. The van der Waals surface area contributed by atoms with Gasteiger partial charge in [-0.05, 0) is 36.4 Å². The first-order chi connectivity index (χ1) is 8.41. The highest BCUT2D eigenvalue weighted by Crippen LogP contribution is 2.28. The van der Waals surface area contributed by atoms with E-state index in [0.29, 0.717) is 13.2 Å². The third-order valence-electron chi connectivity index (χ3n) is 2.10. The van der Waals surface area contributed by atoms with E-state index in [9.17, 15) is 14.5 Å². The number of hydrogen-bond donors (Lipinski definition) is 1. The minimum absolute atomic E-state index is 0.0928. The van der Waals surface area contributed by atoms with Crippen molar-refractivity contribution in [2.24, 2.45) is 0 Å². The summed E-state index contributed by atoms with van der Waals surface area (Å²) in [7, 11) is 0. The molecule has 0 fully saturated rings. The number of hydrogen-bond acceptors (Lipinski definition) is 4. The van der Waals surface area contributed by atoms with Crippen LogP contribution in [0.2, 0.25) is 0 Å². The van der Waals surface area contributed by atoms with Crippen LogP contribution in [0.5, 0.6) is 0 Å². The molecule has 1 aromatic carbocycles. The number of nitrogens with one attached hydrogen (secondary N) is 1. The van der Waals surface area contributed by atoms with E-state index in [1.54, 1.807) is 22.6 Å². The number of nitro benzene ring substituents is 1. The fourth-order valence-electron chi connectivity index (χ4n) is 1.31. The lowest BCUT2D eigenvalue weighted by Gasteiger charge is -2.10. The van der Waals surface area contributed by atoms with Crippen LogP contribution in [0.25, 0.3) is 0 Å². The summed E-state index contributed by atoms with van der Waals surface area (Å²) >= 11 is 1.72. The fourth-order valence-corrected chi connectivity index (χ4v) is 1.76. The number of halogens is 2. The highest BCUT2D eigenvalue weighted by atomic mass is 127. The molecular weight excluding hydrogens is 354 g/mol. The van der Waals surface area contributed by atoms with Gasteiger partial charge in [0.15, 0.2) is 0 Å². The Hall–Kier alpha value is -0.960. The molecule has 0 amide bonds. The summed E-state index contributed by atoms with van der Waals surface area (Å²) in [6, 6.07) is 2.34. The van der Waals surface area contributed by atoms with Crippen molar-refractivity contribution in [3.63, 3.8) is 0 Å². The van der Waals surface area contributed by atoms with Crippen molar-refractivity contribution in [3.05, 3.63) is 31.6 Å². The van der Waals surface area contributed by atoms with Gasteiger partial charge in [0.25, 0.3) is 5.69 Å². The van der Waals surface area contributed by atoms with E-state index in [0.717, 1.165) is 6.07 Å². The number of benzene rings is 1. The molecule has 0 unspecified atom stereocenters. The average molecular weight is 368 g/mol. The minimum atomic E-state index is -0.534. The van der Waals surface area contributed by atoms with Gasteiger partial charge in [-0.15, -0.1) is 0 Å². The quantitative estimate of drug-likeness (QED) is 0.363. The maximum Gasteiger partial charge on any atom is 0.293 e. The predicted octanol–water partition coefficient (Wildman–Crippen LogP) is 3.18. The largest absolute Gasteiger partial charge is 0.377 e. The van der Waals surface area contributed by atoms with Gasteiger partial charge in [0.05, 0.1) is 21.2 Å². The molecule has 0 spiro atoms. The second-order valence-corrected chi connectivity index (χ2v) is 5.05. The van der Waals surface area contributed by atoms with E-state index < -0.39 is 10.7 Å². The molecule has 0 bridgehead atoms. The topological polar surface area (TPSA) is 64.4 Å². The predicted molar refractivity (Wildman–Crippen MR) is 75.3 cm³/mol. The Kier molecular flexibility index (Phi) is 5.73. The van der Waals surface area contributed by atoms with Crippen molar-refractivity contribution in [1.29, 1.82) is 0 Å². The molecule has 18 heavy (non-hydrogen) atoms. The Labute approximate surface area is 118 Å².